The fourth-order valence-corrected chi connectivity index (χ4v) is 7.03. The van der Waals surface area contributed by atoms with Crippen LogP contribution in [0, 0.1) is 11.8 Å². The summed E-state index contributed by atoms with van der Waals surface area (Å²) in [6, 6.07) is 3.74. The van der Waals surface area contributed by atoms with Gasteiger partial charge in [-0.2, -0.15) is 0 Å². The van der Waals surface area contributed by atoms with Crippen LogP contribution in [-0.4, -0.2) is 86.5 Å². The maximum Gasteiger partial charge on any atom is 0.193 e. The fourth-order valence-electron chi connectivity index (χ4n) is 5.72. The summed E-state index contributed by atoms with van der Waals surface area (Å²) in [7, 11) is 6.18. The van der Waals surface area contributed by atoms with Crippen molar-refractivity contribution < 1.29 is 33.2 Å². The third-order valence-corrected chi connectivity index (χ3v) is 13.9. The number of methoxy groups -OCH3 is 5. The van der Waals surface area contributed by atoms with Crippen LogP contribution in [-0.2, 0) is 18.6 Å². The molecule has 0 radical (unpaired) electrons. The summed E-state index contributed by atoms with van der Waals surface area (Å²) in [4.78, 5) is 2.07. The summed E-state index contributed by atoms with van der Waals surface area (Å²) in [5, 5.41) is 11.8. The van der Waals surface area contributed by atoms with E-state index >= 15 is 0 Å². The van der Waals surface area contributed by atoms with Crippen LogP contribution in [0.3, 0.4) is 0 Å². The van der Waals surface area contributed by atoms with Crippen molar-refractivity contribution in [3.63, 3.8) is 0 Å². The van der Waals surface area contributed by atoms with Gasteiger partial charge in [0.2, 0.25) is 0 Å². The van der Waals surface area contributed by atoms with E-state index in [1.165, 1.54) is 0 Å². The largest absolute Gasteiger partial charge is 0.497 e. The van der Waals surface area contributed by atoms with Crippen LogP contribution >= 0.6 is 0 Å². The minimum atomic E-state index is -2.13. The van der Waals surface area contributed by atoms with Crippen molar-refractivity contribution in [2.75, 3.05) is 53.5 Å². The van der Waals surface area contributed by atoms with Crippen molar-refractivity contribution in [3.05, 3.63) is 67.3 Å². The molecule has 1 rings (SSSR count). The number of ether oxygens (including phenoxy) is 5. The average molecular weight is 676 g/mol. The molecule has 47 heavy (non-hydrogen) atoms. The van der Waals surface area contributed by atoms with Gasteiger partial charge in [0.1, 0.15) is 17.6 Å². The highest BCUT2D eigenvalue weighted by molar-refractivity contribution is 6.74. The van der Waals surface area contributed by atoms with E-state index in [1.54, 1.807) is 41.6 Å². The first-order valence-corrected chi connectivity index (χ1v) is 19.4. The van der Waals surface area contributed by atoms with Crippen LogP contribution in [0.25, 0.3) is 0 Å². The summed E-state index contributed by atoms with van der Waals surface area (Å²) >= 11 is 0. The van der Waals surface area contributed by atoms with Gasteiger partial charge in [-0.25, -0.2) is 0 Å². The van der Waals surface area contributed by atoms with Crippen LogP contribution < -0.4 is 14.4 Å². The van der Waals surface area contributed by atoms with Gasteiger partial charge in [0.15, 0.2) is 8.32 Å². The van der Waals surface area contributed by atoms with Gasteiger partial charge in [-0.05, 0) is 49.0 Å². The summed E-state index contributed by atoms with van der Waals surface area (Å²) in [5.74, 6) is 0.951. The van der Waals surface area contributed by atoms with Crippen molar-refractivity contribution in [2.24, 2.45) is 11.8 Å². The second kappa shape index (κ2) is 19.6. The Hall–Kier alpha value is -2.40. The Morgan fingerprint density at radius 1 is 0.936 bits per heavy atom. The lowest BCUT2D eigenvalue weighted by Crippen LogP contribution is -2.47. The summed E-state index contributed by atoms with van der Waals surface area (Å²) in [6.07, 6.45) is 6.13. The van der Waals surface area contributed by atoms with E-state index in [0.717, 1.165) is 11.3 Å². The van der Waals surface area contributed by atoms with Crippen molar-refractivity contribution in [1.29, 1.82) is 0 Å². The normalized spacial score (nSPS) is 17.1. The maximum atomic E-state index is 11.8. The van der Waals surface area contributed by atoms with E-state index in [-0.39, 0.29) is 41.3 Å². The van der Waals surface area contributed by atoms with Crippen molar-refractivity contribution in [2.45, 2.75) is 96.6 Å². The zero-order valence-electron chi connectivity index (χ0n) is 31.6. The van der Waals surface area contributed by atoms with Crippen LogP contribution in [0.2, 0.25) is 18.1 Å². The lowest BCUT2D eigenvalue weighted by Gasteiger charge is -2.41. The number of benzene rings is 1. The molecule has 0 heterocycles. The number of anilines is 1. The Morgan fingerprint density at radius 2 is 1.53 bits per heavy atom. The smallest absolute Gasteiger partial charge is 0.193 e. The SMILES string of the molecule is C=CCN(CC=C)c1cc(OC)cc([C@H](O)[C@@H](C)C[C@H](OC)[C@H](OC)[C@@H](C)/C=C(\C)[C@H](O[Si](C)(C)C(C)(C)C)[C@H](C=C)OC)c1OC. The number of rotatable bonds is 22. The molecule has 0 saturated heterocycles. The molecular formula is C38H65NO7Si. The van der Waals surface area contributed by atoms with Crippen LogP contribution in [0.4, 0.5) is 5.69 Å². The highest BCUT2D eigenvalue weighted by Crippen LogP contribution is 2.43. The highest BCUT2D eigenvalue weighted by atomic mass is 28.4. The molecule has 0 aliphatic carbocycles. The molecule has 1 N–H and O–H groups in total. The first-order valence-electron chi connectivity index (χ1n) is 16.5. The van der Waals surface area contributed by atoms with Gasteiger partial charge in [-0.15, -0.1) is 19.7 Å². The van der Waals surface area contributed by atoms with E-state index in [9.17, 15) is 5.11 Å². The molecule has 0 aliphatic heterocycles. The molecular weight excluding hydrogens is 611 g/mol. The number of aliphatic hydroxyl groups excluding tert-OH is 1. The van der Waals surface area contributed by atoms with Crippen LogP contribution in [0.15, 0.2) is 61.7 Å². The molecule has 1 aromatic rings. The minimum absolute atomic E-state index is 0.0333. The monoisotopic (exact) mass is 675 g/mol. The zero-order valence-corrected chi connectivity index (χ0v) is 32.6. The average Bonchev–Trinajstić information content (AvgIpc) is 3.02. The molecule has 1 aromatic carbocycles. The standard InChI is InChI=1S/C38H65NO7Si/c1-17-20-39(21-18-2)31-25-29(41-10)24-30(37(31)45-14)34(40)26(4)23-33(43-12)35(44-13)27(5)22-28(6)36(32(19-3)42-11)46-47(15,16)38(7,8)9/h17-19,22,24-27,32-36,40H,1-3,20-21,23H2,4-16H3/b28-22+/t26-,27-,32-,33-,34+,35+,36-/m0/s1. The molecule has 0 unspecified atom stereocenters. The van der Waals surface area contributed by atoms with E-state index in [1.807, 2.05) is 31.2 Å². The third-order valence-electron chi connectivity index (χ3n) is 9.48. The Labute approximate surface area is 287 Å². The van der Waals surface area contributed by atoms with E-state index in [0.29, 0.717) is 36.6 Å². The fraction of sp³-hybridized carbons (Fsp3) is 0.632. The molecule has 8 nitrogen and oxygen atoms in total. The zero-order chi connectivity index (χ0) is 36.1. The molecule has 0 aromatic heterocycles. The van der Waals surface area contributed by atoms with Crippen LogP contribution in [0.1, 0.15) is 59.6 Å². The summed E-state index contributed by atoms with van der Waals surface area (Å²) in [5.41, 5.74) is 2.49. The van der Waals surface area contributed by atoms with Crippen LogP contribution in [0.5, 0.6) is 11.5 Å². The Balaban J connectivity index is 3.44. The maximum absolute atomic E-state index is 11.8. The Bertz CT molecular complexity index is 1150. The van der Waals surface area contributed by atoms with Crippen molar-refractivity contribution >= 4 is 14.0 Å². The van der Waals surface area contributed by atoms with Gasteiger partial charge in [0, 0.05) is 52.0 Å². The number of aliphatic hydroxyl groups is 1. The number of nitrogens with zero attached hydrogens (tertiary/aromatic N) is 1. The lowest BCUT2D eigenvalue weighted by molar-refractivity contribution is -0.0695. The Morgan fingerprint density at radius 3 is 1.96 bits per heavy atom. The molecule has 0 aliphatic rings. The van der Waals surface area contributed by atoms with E-state index in [2.05, 4.69) is 78.4 Å². The number of hydrogen-bond acceptors (Lipinski definition) is 8. The summed E-state index contributed by atoms with van der Waals surface area (Å²) in [6.45, 7) is 30.4. The first-order chi connectivity index (χ1) is 22.0. The molecule has 268 valence electrons. The van der Waals surface area contributed by atoms with Gasteiger partial charge >= 0.3 is 0 Å². The molecule has 9 heteroatoms. The first kappa shape index (κ1) is 42.6. The predicted molar refractivity (Wildman–Crippen MR) is 198 cm³/mol. The number of hydrogen-bond donors (Lipinski definition) is 1. The van der Waals surface area contributed by atoms with Gasteiger partial charge in [0.05, 0.1) is 44.3 Å². The summed E-state index contributed by atoms with van der Waals surface area (Å²) < 4.78 is 36.4. The van der Waals surface area contributed by atoms with Gasteiger partial charge in [-0.3, -0.25) is 0 Å². The molecule has 0 amide bonds. The topological polar surface area (TPSA) is 78.9 Å². The van der Waals surface area contributed by atoms with Gasteiger partial charge in [-0.1, -0.05) is 58.9 Å². The molecule has 0 bridgehead atoms. The molecule has 0 saturated carbocycles. The Kier molecular flexibility index (Phi) is 17.7. The van der Waals surface area contributed by atoms with Crippen molar-refractivity contribution in [3.8, 4) is 11.5 Å². The second-order valence-corrected chi connectivity index (χ2v) is 18.6. The quantitative estimate of drug-likeness (QED) is 0.0975. The molecule has 0 spiro atoms. The van der Waals surface area contributed by atoms with E-state index < -0.39 is 14.4 Å². The molecule has 7 atom stereocenters. The highest BCUT2D eigenvalue weighted by Gasteiger charge is 2.41. The third kappa shape index (κ3) is 11.3. The van der Waals surface area contributed by atoms with Gasteiger partial charge < -0.3 is 38.1 Å². The second-order valence-electron chi connectivity index (χ2n) is 13.9. The molecule has 0 fully saturated rings. The predicted octanol–water partition coefficient (Wildman–Crippen LogP) is 8.15. The minimum Gasteiger partial charge on any atom is -0.497 e. The van der Waals surface area contributed by atoms with Gasteiger partial charge in [0.25, 0.3) is 0 Å². The lowest BCUT2D eigenvalue weighted by atomic mass is 9.86. The van der Waals surface area contributed by atoms with Crippen molar-refractivity contribution in [1.82, 2.24) is 0 Å². The van der Waals surface area contributed by atoms with E-state index in [4.69, 9.17) is 28.1 Å².